The van der Waals surface area contributed by atoms with Crippen LogP contribution in [-0.2, 0) is 14.3 Å². The molecule has 0 aromatic heterocycles. The largest absolute Gasteiger partial charge is 0.461 e. The molecule has 0 aliphatic carbocycles. The lowest BCUT2D eigenvalue weighted by Gasteiger charge is -2.11. The van der Waals surface area contributed by atoms with Crippen LogP contribution < -0.4 is 0 Å². The highest BCUT2D eigenvalue weighted by Crippen LogP contribution is 2.14. The van der Waals surface area contributed by atoms with Crippen molar-refractivity contribution >= 4 is 11.8 Å². The summed E-state index contributed by atoms with van der Waals surface area (Å²) in [4.78, 5) is 23.2. The van der Waals surface area contributed by atoms with Crippen molar-refractivity contribution in [3.8, 4) is 0 Å². The van der Waals surface area contributed by atoms with Crippen molar-refractivity contribution in [3.63, 3.8) is 0 Å². The number of ketones is 1. The molecule has 28 heavy (non-hydrogen) atoms. The number of hydrogen-bond acceptors (Lipinski definition) is 5. The molecule has 5 nitrogen and oxygen atoms in total. The van der Waals surface area contributed by atoms with Crippen molar-refractivity contribution < 1.29 is 24.5 Å². The summed E-state index contributed by atoms with van der Waals surface area (Å²) in [5, 5.41) is 18.6. The zero-order valence-corrected chi connectivity index (χ0v) is 18.3. The van der Waals surface area contributed by atoms with Gasteiger partial charge in [0.1, 0.15) is 6.61 Å². The van der Waals surface area contributed by atoms with Gasteiger partial charge in [0.15, 0.2) is 5.78 Å². The number of carbonyl (C=O) groups is 2. The number of aliphatic hydroxyl groups is 2. The number of unbranched alkanes of at least 4 members (excludes halogenated alkanes) is 14. The molecular weight excluding hydrogens is 356 g/mol. The maximum atomic E-state index is 11.7. The van der Waals surface area contributed by atoms with Crippen LogP contribution in [0, 0.1) is 0 Å². The highest BCUT2D eigenvalue weighted by atomic mass is 16.6. The van der Waals surface area contributed by atoms with Crippen LogP contribution in [0.5, 0.6) is 0 Å². The van der Waals surface area contributed by atoms with E-state index < -0.39 is 24.0 Å². The van der Waals surface area contributed by atoms with E-state index in [9.17, 15) is 14.7 Å². The molecule has 0 saturated heterocycles. The molecule has 0 spiro atoms. The lowest BCUT2D eigenvalue weighted by Crippen LogP contribution is -2.33. The van der Waals surface area contributed by atoms with Gasteiger partial charge < -0.3 is 14.9 Å². The molecule has 2 atom stereocenters. The summed E-state index contributed by atoms with van der Waals surface area (Å²) in [5.41, 5.74) is 0. The molecule has 0 aromatic carbocycles. The van der Waals surface area contributed by atoms with Gasteiger partial charge in [0.2, 0.25) is 6.10 Å². The molecule has 0 rings (SSSR count). The second-order valence-corrected chi connectivity index (χ2v) is 8.05. The number of rotatable bonds is 20. The molecule has 2 N–H and O–H groups in total. The second-order valence-electron chi connectivity index (χ2n) is 8.05. The third kappa shape index (κ3) is 17.2. The fraction of sp³-hybridized carbons (Fsp3) is 0.913. The first-order valence-electron chi connectivity index (χ1n) is 11.5. The van der Waals surface area contributed by atoms with Gasteiger partial charge in [0.25, 0.3) is 0 Å². The van der Waals surface area contributed by atoms with E-state index in [1.165, 1.54) is 84.0 Å². The third-order valence-corrected chi connectivity index (χ3v) is 5.02. The van der Waals surface area contributed by atoms with E-state index in [1.54, 1.807) is 0 Å². The molecule has 0 amide bonds. The highest BCUT2D eigenvalue weighted by Gasteiger charge is 2.24. The Morgan fingerprint density at radius 2 is 1.11 bits per heavy atom. The van der Waals surface area contributed by atoms with Crippen molar-refractivity contribution in [1.82, 2.24) is 0 Å². The topological polar surface area (TPSA) is 83.8 Å². The van der Waals surface area contributed by atoms with Gasteiger partial charge in [-0.1, -0.05) is 96.8 Å². The zero-order valence-electron chi connectivity index (χ0n) is 18.3. The first kappa shape index (κ1) is 27.1. The molecular formula is C23H44O5. The van der Waals surface area contributed by atoms with Crippen LogP contribution in [0.15, 0.2) is 0 Å². The number of hydrogen-bond donors (Lipinski definition) is 2. The normalized spacial score (nSPS) is 13.3. The Hall–Kier alpha value is -0.940. The summed E-state index contributed by atoms with van der Waals surface area (Å²) in [6.07, 6.45) is 16.5. The summed E-state index contributed by atoms with van der Waals surface area (Å²) >= 11 is 0. The van der Waals surface area contributed by atoms with Crippen LogP contribution in [0.4, 0.5) is 0 Å². The van der Waals surface area contributed by atoms with Gasteiger partial charge in [-0.3, -0.25) is 4.79 Å². The summed E-state index contributed by atoms with van der Waals surface area (Å²) in [6.45, 7) is 3.52. The van der Waals surface area contributed by atoms with Crippen LogP contribution in [0.3, 0.4) is 0 Å². The first-order chi connectivity index (χ1) is 13.5. The summed E-state index contributed by atoms with van der Waals surface area (Å²) in [7, 11) is 0. The molecule has 0 fully saturated rings. The highest BCUT2D eigenvalue weighted by molar-refractivity contribution is 6.01. The van der Waals surface area contributed by atoms with Crippen LogP contribution in [0.25, 0.3) is 0 Å². The Kier molecular flexibility index (Phi) is 18.7. The molecule has 5 heteroatoms. The molecule has 166 valence electrons. The van der Waals surface area contributed by atoms with Crippen LogP contribution in [-0.4, -0.2) is 40.8 Å². The molecule has 0 bridgehead atoms. The lowest BCUT2D eigenvalue weighted by molar-refractivity contribution is -0.160. The predicted octanol–water partition coefficient (Wildman–Crippen LogP) is 5.10. The van der Waals surface area contributed by atoms with E-state index in [4.69, 9.17) is 5.11 Å². The van der Waals surface area contributed by atoms with Gasteiger partial charge in [-0.2, -0.15) is 0 Å². The average Bonchev–Trinajstić information content (AvgIpc) is 2.68. The Labute approximate surface area is 172 Å². The van der Waals surface area contributed by atoms with Crippen molar-refractivity contribution in [1.29, 1.82) is 0 Å². The number of carbonyl (C=O) groups excluding carboxylic acids is 2. The minimum absolute atomic E-state index is 0.198. The standard InChI is InChI=1S/C23H44O5/c1-3-4-5-6-7-8-9-10-11-12-13-14-15-16-17-18-21(25)22(26)23(27)28-19-20(2)24/h20,22,24,26H,3-19H2,1-2H3. The van der Waals surface area contributed by atoms with E-state index >= 15 is 0 Å². The maximum absolute atomic E-state index is 11.7. The zero-order chi connectivity index (χ0) is 21.0. The van der Waals surface area contributed by atoms with Crippen molar-refractivity contribution in [2.24, 2.45) is 0 Å². The van der Waals surface area contributed by atoms with Crippen molar-refractivity contribution in [2.75, 3.05) is 6.61 Å². The minimum atomic E-state index is -1.72. The number of Topliss-reactive ketones (excluding diaryl/α,β-unsaturated/α-hetero) is 1. The lowest BCUT2D eigenvalue weighted by atomic mass is 10.0. The second kappa shape index (κ2) is 19.4. The van der Waals surface area contributed by atoms with Gasteiger partial charge >= 0.3 is 5.97 Å². The average molecular weight is 401 g/mol. The van der Waals surface area contributed by atoms with E-state index in [-0.39, 0.29) is 13.0 Å². The molecule has 0 aliphatic heterocycles. The van der Waals surface area contributed by atoms with Gasteiger partial charge in [-0.05, 0) is 13.3 Å². The monoisotopic (exact) mass is 400 g/mol. The SMILES string of the molecule is CCCCCCCCCCCCCCCCCC(=O)C(O)C(=O)OCC(C)O. The van der Waals surface area contributed by atoms with Crippen molar-refractivity contribution in [2.45, 2.75) is 129 Å². The van der Waals surface area contributed by atoms with Gasteiger partial charge in [0, 0.05) is 6.42 Å². The van der Waals surface area contributed by atoms with E-state index in [2.05, 4.69) is 11.7 Å². The van der Waals surface area contributed by atoms with E-state index in [1.807, 2.05) is 0 Å². The fourth-order valence-electron chi connectivity index (χ4n) is 3.22. The number of aliphatic hydroxyl groups excluding tert-OH is 2. The molecule has 0 radical (unpaired) electrons. The fourth-order valence-corrected chi connectivity index (χ4v) is 3.22. The number of esters is 1. The van der Waals surface area contributed by atoms with Crippen LogP contribution in [0.1, 0.15) is 117 Å². The maximum Gasteiger partial charge on any atom is 0.342 e. The summed E-state index contributed by atoms with van der Waals surface area (Å²) in [6, 6.07) is 0. The first-order valence-corrected chi connectivity index (χ1v) is 11.5. The minimum Gasteiger partial charge on any atom is -0.461 e. The quantitative estimate of drug-likeness (QED) is 0.169. The summed E-state index contributed by atoms with van der Waals surface area (Å²) in [5.74, 6) is -1.46. The third-order valence-electron chi connectivity index (χ3n) is 5.02. The molecule has 0 saturated carbocycles. The molecule has 0 aliphatic rings. The number of ether oxygens (including phenoxy) is 1. The molecule has 0 heterocycles. The smallest absolute Gasteiger partial charge is 0.342 e. The van der Waals surface area contributed by atoms with Gasteiger partial charge in [-0.15, -0.1) is 0 Å². The Bertz CT molecular complexity index is 381. The Balaban J connectivity index is 3.38. The van der Waals surface area contributed by atoms with Gasteiger partial charge in [-0.25, -0.2) is 4.79 Å². The van der Waals surface area contributed by atoms with Crippen LogP contribution >= 0.6 is 0 Å². The van der Waals surface area contributed by atoms with Crippen molar-refractivity contribution in [3.05, 3.63) is 0 Å². The van der Waals surface area contributed by atoms with Gasteiger partial charge in [0.05, 0.1) is 6.10 Å². The molecule has 0 aromatic rings. The molecule has 2 unspecified atom stereocenters. The summed E-state index contributed by atoms with van der Waals surface area (Å²) < 4.78 is 4.66. The van der Waals surface area contributed by atoms with E-state index in [0.29, 0.717) is 6.42 Å². The van der Waals surface area contributed by atoms with E-state index in [0.717, 1.165) is 12.8 Å². The Morgan fingerprint density at radius 1 is 0.714 bits per heavy atom. The predicted molar refractivity (Wildman–Crippen MR) is 113 cm³/mol. The van der Waals surface area contributed by atoms with Crippen LogP contribution in [0.2, 0.25) is 0 Å². The Morgan fingerprint density at radius 3 is 1.50 bits per heavy atom.